The van der Waals surface area contributed by atoms with E-state index < -0.39 is 0 Å². The molecule has 2 aliphatic heterocycles. The molecule has 3 atom stereocenters. The molecule has 3 unspecified atom stereocenters. The second-order valence-corrected chi connectivity index (χ2v) is 6.60. The number of fused-ring (bicyclic) bond motifs is 1. The maximum atomic E-state index is 13.2. The van der Waals surface area contributed by atoms with Gasteiger partial charge in [0, 0.05) is 23.4 Å². The summed E-state index contributed by atoms with van der Waals surface area (Å²) in [5.41, 5.74) is 1.76. The molecule has 0 bridgehead atoms. The molecule has 3 nitrogen and oxygen atoms in total. The average Bonchev–Trinajstić information content (AvgIpc) is 3.11. The Morgan fingerprint density at radius 2 is 1.96 bits per heavy atom. The number of amides is 1. The number of nitrogens with zero attached hydrogens (tertiary/aromatic N) is 1. The summed E-state index contributed by atoms with van der Waals surface area (Å²) in [5.74, 6) is -0.179. The average molecular weight is 332 g/mol. The molecule has 1 N–H and O–H groups in total. The molecule has 5 heteroatoms. The highest BCUT2D eigenvalue weighted by atomic mass is 35.5. The fraction of sp³-hybridized carbons (Fsp3) is 0.278. The predicted octanol–water partition coefficient (Wildman–Crippen LogP) is 2.57. The first-order valence-corrected chi connectivity index (χ1v) is 8.22. The van der Waals surface area contributed by atoms with E-state index in [1.54, 1.807) is 12.1 Å². The number of carbonyl (C=O) groups excluding carboxylic acids is 1. The summed E-state index contributed by atoms with van der Waals surface area (Å²) in [6.45, 7) is 0.964. The van der Waals surface area contributed by atoms with E-state index in [0.29, 0.717) is 5.02 Å². The van der Waals surface area contributed by atoms with Gasteiger partial charge in [0.15, 0.2) is 12.2 Å². The molecule has 0 spiro atoms. The molecule has 2 heterocycles. The minimum Gasteiger partial charge on any atom is -0.301 e. The van der Waals surface area contributed by atoms with Gasteiger partial charge in [0.1, 0.15) is 5.82 Å². The number of benzene rings is 2. The largest absolute Gasteiger partial charge is 0.301 e. The summed E-state index contributed by atoms with van der Waals surface area (Å²) in [6, 6.07) is 13.8. The molecule has 2 fully saturated rings. The Morgan fingerprint density at radius 3 is 2.70 bits per heavy atom. The number of hydrogen-bond donors (Lipinski definition) is 1. The number of carbonyl (C=O) groups is 1. The van der Waals surface area contributed by atoms with Crippen LogP contribution in [0.15, 0.2) is 48.5 Å². The van der Waals surface area contributed by atoms with Crippen molar-refractivity contribution in [2.45, 2.75) is 25.0 Å². The van der Waals surface area contributed by atoms with E-state index in [0.717, 1.165) is 30.6 Å². The van der Waals surface area contributed by atoms with Crippen LogP contribution in [-0.2, 0) is 4.79 Å². The van der Waals surface area contributed by atoms with Crippen LogP contribution in [0.5, 0.6) is 0 Å². The maximum absolute atomic E-state index is 13.2. The third kappa shape index (κ3) is 2.42. The third-order valence-electron chi connectivity index (χ3n) is 4.82. The topological polar surface area (TPSA) is 24.8 Å². The summed E-state index contributed by atoms with van der Waals surface area (Å²) < 4.78 is 13.2. The Kier molecular flexibility index (Phi) is 3.58. The fourth-order valence-electron chi connectivity index (χ4n) is 3.86. The second kappa shape index (κ2) is 5.62. The van der Waals surface area contributed by atoms with Gasteiger partial charge in [-0.2, -0.15) is 0 Å². The van der Waals surface area contributed by atoms with E-state index in [2.05, 4.69) is 0 Å². The molecule has 0 saturated carbocycles. The summed E-state index contributed by atoms with van der Waals surface area (Å²) in [7, 11) is 0. The maximum Gasteiger partial charge on any atom is 0.290 e. The van der Waals surface area contributed by atoms with E-state index in [1.165, 1.54) is 17.0 Å². The molecule has 2 aliphatic rings. The van der Waals surface area contributed by atoms with E-state index in [1.807, 2.05) is 29.2 Å². The second-order valence-electron chi connectivity index (χ2n) is 6.16. The monoisotopic (exact) mass is 331 g/mol. The molecular weight excluding hydrogens is 315 g/mol. The summed E-state index contributed by atoms with van der Waals surface area (Å²) in [6.07, 6.45) is 1.86. The summed E-state index contributed by atoms with van der Waals surface area (Å²) >= 11 is 6.15. The zero-order chi connectivity index (χ0) is 16.0. The third-order valence-corrected chi connectivity index (χ3v) is 5.06. The lowest BCUT2D eigenvalue weighted by Crippen LogP contribution is -3.12. The van der Waals surface area contributed by atoms with Crippen molar-refractivity contribution >= 4 is 23.2 Å². The zero-order valence-electron chi connectivity index (χ0n) is 12.5. The van der Waals surface area contributed by atoms with Gasteiger partial charge < -0.3 is 4.90 Å². The van der Waals surface area contributed by atoms with Gasteiger partial charge in [-0.3, -0.25) is 9.69 Å². The predicted molar refractivity (Wildman–Crippen MR) is 86.9 cm³/mol. The minimum atomic E-state index is -0.299. The normalized spacial score (nSPS) is 26.6. The van der Waals surface area contributed by atoms with Crippen molar-refractivity contribution in [3.63, 3.8) is 0 Å². The Hall–Kier alpha value is -1.91. The quantitative estimate of drug-likeness (QED) is 0.899. The van der Waals surface area contributed by atoms with Crippen molar-refractivity contribution in [2.24, 2.45) is 0 Å². The van der Waals surface area contributed by atoms with Gasteiger partial charge in [-0.25, -0.2) is 4.39 Å². The molecule has 2 aromatic rings. The van der Waals surface area contributed by atoms with Crippen molar-refractivity contribution in [3.05, 3.63) is 64.9 Å². The van der Waals surface area contributed by atoms with Crippen LogP contribution in [0.1, 0.15) is 24.6 Å². The van der Waals surface area contributed by atoms with Crippen LogP contribution in [0.2, 0.25) is 5.02 Å². The van der Waals surface area contributed by atoms with Crippen molar-refractivity contribution in [1.82, 2.24) is 0 Å². The number of halogens is 2. The van der Waals surface area contributed by atoms with Crippen molar-refractivity contribution in [1.29, 1.82) is 0 Å². The van der Waals surface area contributed by atoms with Gasteiger partial charge in [-0.05, 0) is 36.4 Å². The number of hydrogen-bond acceptors (Lipinski definition) is 1. The van der Waals surface area contributed by atoms with Gasteiger partial charge in [0.25, 0.3) is 5.91 Å². The number of anilines is 1. The van der Waals surface area contributed by atoms with Crippen LogP contribution in [0.3, 0.4) is 0 Å². The minimum absolute atomic E-state index is 0.0102. The van der Waals surface area contributed by atoms with Gasteiger partial charge in [0.2, 0.25) is 0 Å². The molecule has 2 saturated heterocycles. The van der Waals surface area contributed by atoms with Crippen LogP contribution in [0.25, 0.3) is 0 Å². The Morgan fingerprint density at radius 1 is 1.17 bits per heavy atom. The molecule has 118 valence electrons. The van der Waals surface area contributed by atoms with Crippen LogP contribution >= 0.6 is 11.6 Å². The molecule has 0 radical (unpaired) electrons. The van der Waals surface area contributed by atoms with Crippen molar-refractivity contribution in [3.8, 4) is 0 Å². The number of nitrogens with one attached hydrogen (secondary N) is 1. The SMILES string of the molecule is O=C1C2CCC[NH+]2C(c2cccc(Cl)c2)N1c1ccc(F)cc1. The van der Waals surface area contributed by atoms with Gasteiger partial charge in [-0.1, -0.05) is 23.7 Å². The van der Waals surface area contributed by atoms with E-state index in [4.69, 9.17) is 11.6 Å². The lowest BCUT2D eigenvalue weighted by Gasteiger charge is -2.26. The Bertz CT molecular complexity index is 749. The number of rotatable bonds is 2. The van der Waals surface area contributed by atoms with Crippen LogP contribution < -0.4 is 9.80 Å². The van der Waals surface area contributed by atoms with Crippen LogP contribution in [0, 0.1) is 5.82 Å². The first-order valence-electron chi connectivity index (χ1n) is 7.85. The zero-order valence-corrected chi connectivity index (χ0v) is 13.3. The highest BCUT2D eigenvalue weighted by Crippen LogP contribution is 2.31. The fourth-order valence-corrected chi connectivity index (χ4v) is 4.06. The van der Waals surface area contributed by atoms with Gasteiger partial charge >= 0.3 is 0 Å². The lowest BCUT2D eigenvalue weighted by atomic mass is 10.1. The first kappa shape index (κ1) is 14.7. The number of quaternary nitrogens is 1. The smallest absolute Gasteiger partial charge is 0.290 e. The lowest BCUT2D eigenvalue weighted by molar-refractivity contribution is -0.924. The Balaban J connectivity index is 1.81. The molecular formula is C18H17ClFN2O+. The molecule has 1 amide bonds. The van der Waals surface area contributed by atoms with Crippen molar-refractivity contribution in [2.75, 3.05) is 11.4 Å². The first-order chi connectivity index (χ1) is 11.1. The highest BCUT2D eigenvalue weighted by Gasteiger charge is 2.53. The standard InChI is InChI=1S/C18H16ClFN2O/c19-13-4-1-3-12(11-13)17-21-10-2-5-16(21)18(23)22(17)15-8-6-14(20)7-9-15/h1,3-4,6-9,11,16-17H,2,5,10H2/p+1. The van der Waals surface area contributed by atoms with E-state index in [-0.39, 0.29) is 23.9 Å². The molecule has 0 aromatic heterocycles. The van der Waals surface area contributed by atoms with Crippen LogP contribution in [-0.4, -0.2) is 18.5 Å². The highest BCUT2D eigenvalue weighted by molar-refractivity contribution is 6.30. The summed E-state index contributed by atoms with van der Waals surface area (Å²) in [5, 5.41) is 0.663. The van der Waals surface area contributed by atoms with Gasteiger partial charge in [-0.15, -0.1) is 0 Å². The van der Waals surface area contributed by atoms with Gasteiger partial charge in [0.05, 0.1) is 12.2 Å². The summed E-state index contributed by atoms with van der Waals surface area (Å²) in [4.78, 5) is 16.0. The molecule has 23 heavy (non-hydrogen) atoms. The van der Waals surface area contributed by atoms with Crippen molar-refractivity contribution < 1.29 is 14.1 Å². The molecule has 2 aromatic carbocycles. The van der Waals surface area contributed by atoms with Crippen LogP contribution in [0.4, 0.5) is 10.1 Å². The van der Waals surface area contributed by atoms with E-state index in [9.17, 15) is 9.18 Å². The van der Waals surface area contributed by atoms with E-state index >= 15 is 0 Å². The Labute approximate surface area is 139 Å². The molecule has 0 aliphatic carbocycles. The molecule has 4 rings (SSSR count).